The van der Waals surface area contributed by atoms with E-state index in [2.05, 4.69) is 4.98 Å². The van der Waals surface area contributed by atoms with Crippen molar-refractivity contribution in [2.45, 2.75) is 6.61 Å². The normalized spacial score (nSPS) is 10.6. The van der Waals surface area contributed by atoms with Crippen molar-refractivity contribution in [2.75, 3.05) is 0 Å². The molecule has 0 unspecified atom stereocenters. The lowest BCUT2D eigenvalue weighted by Crippen LogP contribution is -2.14. The summed E-state index contributed by atoms with van der Waals surface area (Å²) in [5.74, 6) is 0.946. The number of carbonyl (C=O) groups excluding carboxylic acids is 1. The number of pyridine rings is 1. The van der Waals surface area contributed by atoms with Crippen molar-refractivity contribution in [1.29, 1.82) is 0 Å². The highest BCUT2D eigenvalue weighted by Crippen LogP contribution is 2.31. The van der Waals surface area contributed by atoms with Crippen molar-refractivity contribution < 1.29 is 19.5 Å². The molecule has 0 saturated heterocycles. The number of aromatic nitrogens is 1. The fourth-order valence-corrected chi connectivity index (χ4v) is 2.52. The molecule has 0 aliphatic carbocycles. The first-order valence-electron chi connectivity index (χ1n) is 8.35. The summed E-state index contributed by atoms with van der Waals surface area (Å²) in [4.78, 5) is 15.3. The fourth-order valence-electron chi connectivity index (χ4n) is 2.34. The number of nitrogens with zero attached hydrogens (tertiary/aromatic N) is 1. The first kappa shape index (κ1) is 19.4. The third-order valence-corrected chi connectivity index (χ3v) is 3.90. The summed E-state index contributed by atoms with van der Waals surface area (Å²) in [6, 6.07) is 15.9. The average Bonchev–Trinajstić information content (AvgIpc) is 2.72. The van der Waals surface area contributed by atoms with Crippen LogP contribution in [0.1, 0.15) is 11.1 Å². The summed E-state index contributed by atoms with van der Waals surface area (Å²) < 4.78 is 11.7. The number of nitrogens with one attached hydrogen (secondary N) is 1. The maximum atomic E-state index is 11.3. The molecule has 1 aromatic heterocycles. The molecule has 0 fully saturated rings. The summed E-state index contributed by atoms with van der Waals surface area (Å²) >= 11 is 6.02. The smallest absolute Gasteiger partial charge is 0.267 e. The second kappa shape index (κ2) is 9.55. The van der Waals surface area contributed by atoms with Crippen LogP contribution in [0.25, 0.3) is 6.08 Å². The molecule has 0 bridgehead atoms. The van der Waals surface area contributed by atoms with Crippen molar-refractivity contribution in [3.8, 4) is 17.2 Å². The Morgan fingerprint density at radius 1 is 1.14 bits per heavy atom. The van der Waals surface area contributed by atoms with Gasteiger partial charge in [0.1, 0.15) is 23.9 Å². The van der Waals surface area contributed by atoms with Crippen molar-refractivity contribution in [3.05, 3.63) is 89.2 Å². The zero-order valence-corrected chi connectivity index (χ0v) is 15.5. The van der Waals surface area contributed by atoms with Gasteiger partial charge >= 0.3 is 0 Å². The Balaban J connectivity index is 1.84. The maximum absolute atomic E-state index is 11.3. The van der Waals surface area contributed by atoms with Crippen molar-refractivity contribution in [2.24, 2.45) is 0 Å². The first-order chi connectivity index (χ1) is 13.6. The number of hydroxylamine groups is 1. The number of hydrogen-bond acceptors (Lipinski definition) is 5. The van der Waals surface area contributed by atoms with Crippen LogP contribution < -0.4 is 15.0 Å². The Morgan fingerprint density at radius 2 is 2.04 bits per heavy atom. The second-order valence-electron chi connectivity index (χ2n) is 5.72. The lowest BCUT2D eigenvalue weighted by Gasteiger charge is -2.12. The number of hydrogen-bond donors (Lipinski definition) is 2. The molecule has 0 radical (unpaired) electrons. The number of carbonyl (C=O) groups is 1. The SMILES string of the molecule is O=C(/C=C/c1ccc(OCc2cccnc2)cc1Oc1cccc(Cl)c1)NO. The van der Waals surface area contributed by atoms with Gasteiger partial charge in [0.05, 0.1) is 0 Å². The van der Waals surface area contributed by atoms with Crippen molar-refractivity contribution in [1.82, 2.24) is 10.5 Å². The Labute approximate surface area is 167 Å². The molecule has 0 saturated carbocycles. The number of rotatable bonds is 7. The Kier molecular flexibility index (Phi) is 6.62. The van der Waals surface area contributed by atoms with Gasteiger partial charge in [0.25, 0.3) is 5.91 Å². The van der Waals surface area contributed by atoms with Crippen LogP contribution in [0.5, 0.6) is 17.2 Å². The van der Waals surface area contributed by atoms with Gasteiger partial charge in [-0.2, -0.15) is 0 Å². The zero-order valence-electron chi connectivity index (χ0n) is 14.7. The van der Waals surface area contributed by atoms with Crippen LogP contribution in [0.2, 0.25) is 5.02 Å². The summed E-state index contributed by atoms with van der Waals surface area (Å²) in [7, 11) is 0. The lowest BCUT2D eigenvalue weighted by molar-refractivity contribution is -0.124. The standard InChI is InChI=1S/C21H17ClN2O4/c22-17-4-1-5-19(11-17)28-20-12-18(27-14-15-3-2-10-23-13-15)8-6-16(20)7-9-21(25)24-26/h1-13,26H,14H2,(H,24,25)/b9-7+. The molecule has 28 heavy (non-hydrogen) atoms. The van der Waals surface area contributed by atoms with Gasteiger partial charge in [0.2, 0.25) is 0 Å². The van der Waals surface area contributed by atoms with Crippen LogP contribution in [0, 0.1) is 0 Å². The molecule has 0 spiro atoms. The van der Waals surface area contributed by atoms with Gasteiger partial charge in [-0.1, -0.05) is 23.7 Å². The molecule has 7 heteroatoms. The minimum absolute atomic E-state index is 0.354. The third kappa shape index (κ3) is 5.57. The molecule has 3 rings (SSSR count). The molecular weight excluding hydrogens is 380 g/mol. The van der Waals surface area contributed by atoms with Crippen LogP contribution in [-0.2, 0) is 11.4 Å². The molecule has 1 heterocycles. The Bertz CT molecular complexity index is 977. The van der Waals surface area contributed by atoms with Crippen molar-refractivity contribution in [3.63, 3.8) is 0 Å². The van der Waals surface area contributed by atoms with Gasteiger partial charge in [0.15, 0.2) is 0 Å². The summed E-state index contributed by atoms with van der Waals surface area (Å²) in [6.07, 6.45) is 6.14. The van der Waals surface area contributed by atoms with E-state index in [9.17, 15) is 4.79 Å². The number of amides is 1. The van der Waals surface area contributed by atoms with E-state index in [1.54, 1.807) is 60.3 Å². The second-order valence-corrected chi connectivity index (χ2v) is 6.15. The molecule has 0 aliphatic heterocycles. The average molecular weight is 397 g/mol. The highest BCUT2D eigenvalue weighted by molar-refractivity contribution is 6.30. The molecule has 2 aromatic carbocycles. The molecule has 1 amide bonds. The monoisotopic (exact) mass is 396 g/mol. The first-order valence-corrected chi connectivity index (χ1v) is 8.73. The van der Waals surface area contributed by atoms with Crippen LogP contribution in [-0.4, -0.2) is 16.1 Å². The molecule has 6 nitrogen and oxygen atoms in total. The molecule has 3 aromatic rings. The lowest BCUT2D eigenvalue weighted by atomic mass is 10.1. The van der Waals surface area contributed by atoms with E-state index in [4.69, 9.17) is 26.3 Å². The highest BCUT2D eigenvalue weighted by atomic mass is 35.5. The van der Waals surface area contributed by atoms with E-state index in [0.717, 1.165) is 5.56 Å². The van der Waals surface area contributed by atoms with E-state index in [-0.39, 0.29) is 0 Å². The molecular formula is C21H17ClN2O4. The summed E-state index contributed by atoms with van der Waals surface area (Å²) in [5.41, 5.74) is 3.10. The quantitative estimate of drug-likeness (QED) is 0.346. The van der Waals surface area contributed by atoms with E-state index in [1.807, 2.05) is 12.1 Å². The van der Waals surface area contributed by atoms with Gasteiger partial charge in [0, 0.05) is 40.7 Å². The van der Waals surface area contributed by atoms with Crippen LogP contribution in [0.15, 0.2) is 73.1 Å². The largest absolute Gasteiger partial charge is 0.489 e. The van der Waals surface area contributed by atoms with Gasteiger partial charge in [-0.15, -0.1) is 0 Å². The zero-order chi connectivity index (χ0) is 19.8. The number of halogens is 1. The predicted molar refractivity (Wildman–Crippen MR) is 106 cm³/mol. The van der Waals surface area contributed by atoms with Crippen LogP contribution >= 0.6 is 11.6 Å². The van der Waals surface area contributed by atoms with Crippen LogP contribution in [0.3, 0.4) is 0 Å². The Morgan fingerprint density at radius 3 is 2.79 bits per heavy atom. The minimum atomic E-state index is -0.648. The van der Waals surface area contributed by atoms with Gasteiger partial charge in [-0.25, -0.2) is 5.48 Å². The topological polar surface area (TPSA) is 80.7 Å². The number of ether oxygens (including phenoxy) is 2. The van der Waals surface area contributed by atoms with Gasteiger partial charge in [-0.3, -0.25) is 15.0 Å². The highest BCUT2D eigenvalue weighted by Gasteiger charge is 2.07. The number of benzene rings is 2. The third-order valence-electron chi connectivity index (χ3n) is 3.66. The van der Waals surface area contributed by atoms with Crippen LogP contribution in [0.4, 0.5) is 0 Å². The summed E-state index contributed by atoms with van der Waals surface area (Å²) in [6.45, 7) is 0.354. The predicted octanol–water partition coefficient (Wildman–Crippen LogP) is 4.62. The Hall–Kier alpha value is -3.35. The molecule has 0 atom stereocenters. The van der Waals surface area contributed by atoms with E-state index >= 15 is 0 Å². The van der Waals surface area contributed by atoms with E-state index < -0.39 is 5.91 Å². The molecule has 142 valence electrons. The summed E-state index contributed by atoms with van der Waals surface area (Å²) in [5, 5.41) is 9.19. The fraction of sp³-hybridized carbons (Fsp3) is 0.0476. The molecule has 0 aliphatic rings. The van der Waals surface area contributed by atoms with E-state index in [0.29, 0.717) is 34.4 Å². The molecule has 2 N–H and O–H groups in total. The van der Waals surface area contributed by atoms with Crippen molar-refractivity contribution >= 4 is 23.6 Å². The van der Waals surface area contributed by atoms with E-state index in [1.165, 1.54) is 12.2 Å². The van der Waals surface area contributed by atoms with Gasteiger partial charge < -0.3 is 9.47 Å². The maximum Gasteiger partial charge on any atom is 0.267 e. The minimum Gasteiger partial charge on any atom is -0.489 e. The van der Waals surface area contributed by atoms with Gasteiger partial charge in [-0.05, 0) is 42.5 Å².